The van der Waals surface area contributed by atoms with Crippen molar-refractivity contribution in [2.24, 2.45) is 0 Å². The van der Waals surface area contributed by atoms with Gasteiger partial charge in [-0.15, -0.1) is 0 Å². The second-order valence-electron chi connectivity index (χ2n) is 4.60. The number of carboxylic acids is 1. The molecule has 2 aromatic heterocycles. The lowest BCUT2D eigenvalue weighted by Crippen LogP contribution is -2.09. The van der Waals surface area contributed by atoms with Crippen molar-refractivity contribution >= 4 is 17.7 Å². The van der Waals surface area contributed by atoms with Crippen LogP contribution in [0.25, 0.3) is 0 Å². The van der Waals surface area contributed by atoms with Crippen LogP contribution in [0.3, 0.4) is 0 Å². The van der Waals surface area contributed by atoms with Crippen LogP contribution in [0.2, 0.25) is 0 Å². The first-order chi connectivity index (χ1) is 9.92. The first-order valence-corrected chi connectivity index (χ1v) is 7.57. The summed E-state index contributed by atoms with van der Waals surface area (Å²) in [5, 5.41) is 9.78. The second-order valence-corrected chi connectivity index (χ2v) is 5.57. The summed E-state index contributed by atoms with van der Waals surface area (Å²) < 4.78 is 5.50. The summed E-state index contributed by atoms with van der Waals surface area (Å²) >= 11 is 1.31. The van der Waals surface area contributed by atoms with E-state index in [4.69, 9.17) is 4.42 Å². The fraction of sp³-hybridized carbons (Fsp3) is 0.429. The normalized spacial score (nSPS) is 10.9. The lowest BCUT2D eigenvalue weighted by molar-refractivity contribution is 0.0690. The molecular formula is C14H17N3O3S. The van der Waals surface area contributed by atoms with Gasteiger partial charge in [0.15, 0.2) is 0 Å². The Hall–Kier alpha value is -1.89. The van der Waals surface area contributed by atoms with Crippen LogP contribution in [0.15, 0.2) is 9.44 Å². The van der Waals surface area contributed by atoms with Crippen molar-refractivity contribution in [3.8, 4) is 0 Å². The van der Waals surface area contributed by atoms with Gasteiger partial charge in [-0.25, -0.2) is 19.7 Å². The average molecular weight is 307 g/mol. The largest absolute Gasteiger partial charge is 0.478 e. The van der Waals surface area contributed by atoms with Gasteiger partial charge in [-0.2, -0.15) is 0 Å². The predicted octanol–water partition coefficient (Wildman–Crippen LogP) is 2.94. The fourth-order valence-corrected chi connectivity index (χ4v) is 2.78. The SMILES string of the molecule is CCc1nc(C)c(C(=O)O)c(SCc2nc(C)c(C)o2)n1. The van der Waals surface area contributed by atoms with Crippen molar-refractivity contribution in [2.75, 3.05) is 0 Å². The summed E-state index contributed by atoms with van der Waals surface area (Å²) in [5.74, 6) is 1.41. The fourth-order valence-electron chi connectivity index (χ4n) is 1.84. The predicted molar refractivity (Wildman–Crippen MR) is 78.6 cm³/mol. The molecule has 0 saturated carbocycles. The monoisotopic (exact) mass is 307 g/mol. The second kappa shape index (κ2) is 6.26. The third kappa shape index (κ3) is 3.41. The number of rotatable bonds is 5. The molecule has 0 aromatic carbocycles. The molecule has 0 aliphatic heterocycles. The third-order valence-corrected chi connectivity index (χ3v) is 4.00. The summed E-state index contributed by atoms with van der Waals surface area (Å²) in [6.07, 6.45) is 0.658. The van der Waals surface area contributed by atoms with E-state index in [1.54, 1.807) is 6.92 Å². The molecule has 0 bridgehead atoms. The molecule has 7 heteroatoms. The van der Waals surface area contributed by atoms with Crippen LogP contribution in [0.5, 0.6) is 0 Å². The van der Waals surface area contributed by atoms with Crippen LogP contribution in [0.1, 0.15) is 46.1 Å². The van der Waals surface area contributed by atoms with Crippen molar-refractivity contribution in [2.45, 2.75) is 44.9 Å². The van der Waals surface area contributed by atoms with Gasteiger partial charge >= 0.3 is 5.97 Å². The van der Waals surface area contributed by atoms with E-state index in [0.717, 1.165) is 11.5 Å². The number of aromatic carboxylic acids is 1. The standard InChI is InChI=1S/C14H17N3O3S/c1-5-10-15-8(3)12(14(18)19)13(17-10)21-6-11-16-7(2)9(4)20-11/h5-6H2,1-4H3,(H,18,19). The van der Waals surface area contributed by atoms with Crippen LogP contribution in [-0.2, 0) is 12.2 Å². The Morgan fingerprint density at radius 2 is 1.90 bits per heavy atom. The number of hydrogen-bond donors (Lipinski definition) is 1. The first-order valence-electron chi connectivity index (χ1n) is 6.58. The quantitative estimate of drug-likeness (QED) is 0.671. The highest BCUT2D eigenvalue weighted by Gasteiger charge is 2.19. The minimum Gasteiger partial charge on any atom is -0.478 e. The highest BCUT2D eigenvalue weighted by atomic mass is 32.2. The Bertz CT molecular complexity index is 663. The Balaban J connectivity index is 2.29. The van der Waals surface area contributed by atoms with Crippen molar-refractivity contribution < 1.29 is 14.3 Å². The minimum absolute atomic E-state index is 0.150. The van der Waals surface area contributed by atoms with Gasteiger partial charge < -0.3 is 9.52 Å². The Labute approximate surface area is 127 Å². The summed E-state index contributed by atoms with van der Waals surface area (Å²) in [7, 11) is 0. The van der Waals surface area contributed by atoms with E-state index in [1.165, 1.54) is 11.8 Å². The summed E-state index contributed by atoms with van der Waals surface area (Å²) in [4.78, 5) is 24.2. The Kier molecular flexibility index (Phi) is 4.62. The third-order valence-electron chi connectivity index (χ3n) is 3.04. The van der Waals surface area contributed by atoms with Crippen LogP contribution in [0.4, 0.5) is 0 Å². The molecule has 1 N–H and O–H groups in total. The molecule has 0 aliphatic carbocycles. The first kappa shape index (κ1) is 15.5. The van der Waals surface area contributed by atoms with E-state index in [1.807, 2.05) is 20.8 Å². The maximum atomic E-state index is 11.4. The van der Waals surface area contributed by atoms with Crippen LogP contribution < -0.4 is 0 Å². The molecule has 0 atom stereocenters. The number of nitrogens with zero attached hydrogens (tertiary/aromatic N) is 3. The molecule has 0 unspecified atom stereocenters. The zero-order valence-electron chi connectivity index (χ0n) is 12.4. The lowest BCUT2D eigenvalue weighted by Gasteiger charge is -2.08. The topological polar surface area (TPSA) is 89.1 Å². The highest BCUT2D eigenvalue weighted by molar-refractivity contribution is 7.98. The average Bonchev–Trinajstić information content (AvgIpc) is 2.74. The molecule has 112 valence electrons. The number of aryl methyl sites for hydroxylation is 4. The molecule has 2 rings (SSSR count). The molecule has 0 amide bonds. The molecule has 21 heavy (non-hydrogen) atoms. The van der Waals surface area contributed by atoms with E-state index in [-0.39, 0.29) is 5.56 Å². The van der Waals surface area contributed by atoms with Crippen molar-refractivity contribution in [3.05, 3.63) is 34.4 Å². The van der Waals surface area contributed by atoms with Crippen LogP contribution in [-0.4, -0.2) is 26.0 Å². The number of aromatic nitrogens is 3. The maximum absolute atomic E-state index is 11.4. The van der Waals surface area contributed by atoms with E-state index < -0.39 is 5.97 Å². The summed E-state index contributed by atoms with van der Waals surface area (Å²) in [5.41, 5.74) is 1.48. The molecular weight excluding hydrogens is 290 g/mol. The molecule has 0 fully saturated rings. The van der Waals surface area contributed by atoms with Gasteiger partial charge in [0.1, 0.15) is 22.2 Å². The highest BCUT2D eigenvalue weighted by Crippen LogP contribution is 2.26. The molecule has 0 spiro atoms. The van der Waals surface area contributed by atoms with Gasteiger partial charge in [-0.05, 0) is 20.8 Å². The maximum Gasteiger partial charge on any atom is 0.340 e. The van der Waals surface area contributed by atoms with Crippen LogP contribution in [0, 0.1) is 20.8 Å². The van der Waals surface area contributed by atoms with Gasteiger partial charge in [0.25, 0.3) is 0 Å². The van der Waals surface area contributed by atoms with Gasteiger partial charge in [-0.3, -0.25) is 0 Å². The van der Waals surface area contributed by atoms with E-state index in [0.29, 0.717) is 34.6 Å². The van der Waals surface area contributed by atoms with Crippen molar-refractivity contribution in [1.82, 2.24) is 15.0 Å². The van der Waals surface area contributed by atoms with E-state index in [2.05, 4.69) is 15.0 Å². The Morgan fingerprint density at radius 1 is 1.19 bits per heavy atom. The molecule has 0 aliphatic rings. The minimum atomic E-state index is -1.02. The van der Waals surface area contributed by atoms with E-state index in [9.17, 15) is 9.90 Å². The zero-order valence-corrected chi connectivity index (χ0v) is 13.2. The van der Waals surface area contributed by atoms with Gasteiger partial charge in [-0.1, -0.05) is 18.7 Å². The molecule has 0 saturated heterocycles. The van der Waals surface area contributed by atoms with Crippen molar-refractivity contribution in [1.29, 1.82) is 0 Å². The van der Waals surface area contributed by atoms with Gasteiger partial charge in [0.05, 0.1) is 17.1 Å². The number of oxazole rings is 1. The number of carboxylic acid groups (broad SMARTS) is 1. The van der Waals surface area contributed by atoms with Gasteiger partial charge in [0, 0.05) is 6.42 Å². The van der Waals surface area contributed by atoms with Gasteiger partial charge in [0.2, 0.25) is 5.89 Å². The number of carbonyl (C=O) groups is 1. The number of thioether (sulfide) groups is 1. The summed E-state index contributed by atoms with van der Waals surface area (Å²) in [6, 6.07) is 0. The molecule has 0 radical (unpaired) electrons. The molecule has 6 nitrogen and oxygen atoms in total. The van der Waals surface area contributed by atoms with E-state index >= 15 is 0 Å². The summed E-state index contributed by atoms with van der Waals surface area (Å²) in [6.45, 7) is 7.35. The Morgan fingerprint density at radius 3 is 2.43 bits per heavy atom. The molecule has 2 aromatic rings. The number of hydrogen-bond acceptors (Lipinski definition) is 6. The lowest BCUT2D eigenvalue weighted by atomic mass is 10.2. The smallest absolute Gasteiger partial charge is 0.340 e. The van der Waals surface area contributed by atoms with Crippen LogP contribution >= 0.6 is 11.8 Å². The molecule has 2 heterocycles. The van der Waals surface area contributed by atoms with Crippen molar-refractivity contribution in [3.63, 3.8) is 0 Å². The zero-order chi connectivity index (χ0) is 15.6.